The van der Waals surface area contributed by atoms with Gasteiger partial charge in [-0.05, 0) is 6.08 Å². The van der Waals surface area contributed by atoms with E-state index in [4.69, 9.17) is 0 Å². The molecule has 0 aliphatic rings. The highest BCUT2D eigenvalue weighted by Gasteiger charge is 2.11. The number of carbonyl (C=O) groups excluding carboxylic acids is 2. The zero-order valence-electron chi connectivity index (χ0n) is 5.72. The summed E-state index contributed by atoms with van der Waals surface area (Å²) in [6.45, 7) is 6.38. The van der Waals surface area contributed by atoms with Gasteiger partial charge in [-0.15, -0.1) is 0 Å². The number of rotatable bonds is 3. The molecular weight excluding hydrogens is 132 g/mol. The van der Waals surface area contributed by atoms with E-state index >= 15 is 0 Å². The standard InChI is InChI=1S/C7H8O3/c1-4-6(8)5(2)7(9)10-3/h4H,1-2H2,3H3. The summed E-state index contributed by atoms with van der Waals surface area (Å²) in [5.74, 6) is -1.23. The van der Waals surface area contributed by atoms with E-state index in [1.54, 1.807) is 0 Å². The number of allylic oxidation sites excluding steroid dienone is 1. The summed E-state index contributed by atoms with van der Waals surface area (Å²) in [4.78, 5) is 21.1. The second kappa shape index (κ2) is 3.61. The first-order valence-corrected chi connectivity index (χ1v) is 2.57. The molecule has 0 saturated heterocycles. The SMILES string of the molecule is C=CC(=O)C(=C)C(=O)OC. The van der Waals surface area contributed by atoms with Gasteiger partial charge in [-0.1, -0.05) is 13.2 Å². The number of carbonyl (C=O) groups is 2. The maximum atomic E-state index is 10.6. The molecule has 0 radical (unpaired) electrons. The number of hydrogen-bond acceptors (Lipinski definition) is 3. The van der Waals surface area contributed by atoms with Crippen LogP contribution in [0.3, 0.4) is 0 Å². The summed E-state index contributed by atoms with van der Waals surface area (Å²) in [6, 6.07) is 0. The van der Waals surface area contributed by atoms with Crippen molar-refractivity contribution in [3.8, 4) is 0 Å². The van der Waals surface area contributed by atoms with Gasteiger partial charge in [0.25, 0.3) is 0 Å². The number of esters is 1. The first-order chi connectivity index (χ1) is 4.63. The molecule has 0 unspecified atom stereocenters. The average molecular weight is 140 g/mol. The van der Waals surface area contributed by atoms with Crippen LogP contribution in [0.1, 0.15) is 0 Å². The van der Waals surface area contributed by atoms with E-state index in [9.17, 15) is 9.59 Å². The number of methoxy groups -OCH3 is 1. The molecule has 0 spiro atoms. The minimum Gasteiger partial charge on any atom is -0.465 e. The van der Waals surface area contributed by atoms with E-state index in [1.165, 1.54) is 7.11 Å². The number of ether oxygens (including phenoxy) is 1. The van der Waals surface area contributed by atoms with Crippen molar-refractivity contribution in [3.63, 3.8) is 0 Å². The largest absolute Gasteiger partial charge is 0.465 e. The van der Waals surface area contributed by atoms with Crippen LogP contribution in [0.2, 0.25) is 0 Å². The third-order valence-electron chi connectivity index (χ3n) is 0.915. The molecule has 0 aromatic rings. The van der Waals surface area contributed by atoms with E-state index in [1.807, 2.05) is 0 Å². The summed E-state index contributed by atoms with van der Waals surface area (Å²) in [6.07, 6.45) is 1.01. The summed E-state index contributed by atoms with van der Waals surface area (Å²) < 4.78 is 4.23. The smallest absolute Gasteiger partial charge is 0.341 e. The summed E-state index contributed by atoms with van der Waals surface area (Å²) in [5, 5.41) is 0. The summed E-state index contributed by atoms with van der Waals surface area (Å²) >= 11 is 0. The molecule has 54 valence electrons. The Hall–Kier alpha value is -1.38. The first kappa shape index (κ1) is 8.62. The van der Waals surface area contributed by atoms with Gasteiger partial charge in [0.1, 0.15) is 0 Å². The minimum atomic E-state index is -0.718. The molecule has 0 heterocycles. The number of hydrogen-bond donors (Lipinski definition) is 0. The molecule has 0 aromatic heterocycles. The van der Waals surface area contributed by atoms with E-state index in [0.29, 0.717) is 0 Å². The van der Waals surface area contributed by atoms with Gasteiger partial charge in [-0.25, -0.2) is 4.79 Å². The third kappa shape index (κ3) is 1.85. The average Bonchev–Trinajstić information content (AvgIpc) is 2.00. The van der Waals surface area contributed by atoms with Gasteiger partial charge in [0.15, 0.2) is 5.78 Å². The van der Waals surface area contributed by atoms with Crippen molar-refractivity contribution in [2.45, 2.75) is 0 Å². The maximum absolute atomic E-state index is 10.6. The fraction of sp³-hybridized carbons (Fsp3) is 0.143. The van der Waals surface area contributed by atoms with Gasteiger partial charge in [0, 0.05) is 0 Å². The summed E-state index contributed by atoms with van der Waals surface area (Å²) in [5.41, 5.74) is -0.197. The molecule has 0 amide bonds. The second-order valence-electron chi connectivity index (χ2n) is 1.54. The molecule has 0 rings (SSSR count). The van der Waals surface area contributed by atoms with Crippen molar-refractivity contribution in [2.24, 2.45) is 0 Å². The van der Waals surface area contributed by atoms with Crippen LogP contribution in [0.4, 0.5) is 0 Å². The van der Waals surface area contributed by atoms with Crippen molar-refractivity contribution in [1.29, 1.82) is 0 Å². The normalized spacial score (nSPS) is 8.10. The zero-order chi connectivity index (χ0) is 8.15. The second-order valence-corrected chi connectivity index (χ2v) is 1.54. The molecule has 10 heavy (non-hydrogen) atoms. The molecule has 0 bridgehead atoms. The Morgan fingerprint density at radius 2 is 2.00 bits per heavy atom. The molecule has 0 fully saturated rings. The fourth-order valence-corrected chi connectivity index (χ4v) is 0.347. The van der Waals surface area contributed by atoms with Gasteiger partial charge in [-0.2, -0.15) is 0 Å². The molecule has 0 atom stereocenters. The lowest BCUT2D eigenvalue weighted by molar-refractivity contribution is -0.137. The highest BCUT2D eigenvalue weighted by Crippen LogP contribution is 1.95. The lowest BCUT2D eigenvalue weighted by Crippen LogP contribution is -2.10. The Labute approximate surface area is 59.0 Å². The van der Waals surface area contributed by atoms with E-state index in [0.717, 1.165) is 6.08 Å². The predicted octanol–water partition coefficient (Wildman–Crippen LogP) is 0.471. The van der Waals surface area contributed by atoms with Crippen molar-refractivity contribution >= 4 is 11.8 Å². The van der Waals surface area contributed by atoms with Crippen LogP contribution in [-0.2, 0) is 14.3 Å². The number of ketones is 1. The topological polar surface area (TPSA) is 43.4 Å². The van der Waals surface area contributed by atoms with Crippen molar-refractivity contribution in [3.05, 3.63) is 24.8 Å². The fourth-order valence-electron chi connectivity index (χ4n) is 0.347. The van der Waals surface area contributed by atoms with Crippen LogP contribution in [0.5, 0.6) is 0 Å². The Kier molecular flexibility index (Phi) is 3.11. The Balaban J connectivity index is 4.22. The molecule has 3 nitrogen and oxygen atoms in total. The zero-order valence-corrected chi connectivity index (χ0v) is 5.72. The van der Waals surface area contributed by atoms with E-state index < -0.39 is 11.8 Å². The molecule has 3 heteroatoms. The Bertz CT molecular complexity index is 191. The quantitative estimate of drug-likeness (QED) is 0.248. The van der Waals surface area contributed by atoms with Crippen molar-refractivity contribution in [1.82, 2.24) is 0 Å². The van der Waals surface area contributed by atoms with Gasteiger partial charge >= 0.3 is 5.97 Å². The lowest BCUT2D eigenvalue weighted by atomic mass is 10.2. The Morgan fingerprint density at radius 1 is 1.50 bits per heavy atom. The Morgan fingerprint density at radius 3 is 2.30 bits per heavy atom. The van der Waals surface area contributed by atoms with Crippen LogP contribution in [0.15, 0.2) is 24.8 Å². The van der Waals surface area contributed by atoms with Crippen LogP contribution in [0, 0.1) is 0 Å². The lowest BCUT2D eigenvalue weighted by Gasteiger charge is -1.96. The van der Waals surface area contributed by atoms with Crippen LogP contribution in [-0.4, -0.2) is 18.9 Å². The van der Waals surface area contributed by atoms with E-state index in [2.05, 4.69) is 17.9 Å². The van der Waals surface area contributed by atoms with Gasteiger partial charge in [0.2, 0.25) is 0 Å². The molecule has 0 aliphatic heterocycles. The molecular formula is C7H8O3. The molecule has 0 aliphatic carbocycles. The summed E-state index contributed by atoms with van der Waals surface area (Å²) in [7, 11) is 1.18. The van der Waals surface area contributed by atoms with Gasteiger partial charge < -0.3 is 4.74 Å². The third-order valence-corrected chi connectivity index (χ3v) is 0.915. The van der Waals surface area contributed by atoms with Crippen LogP contribution >= 0.6 is 0 Å². The van der Waals surface area contributed by atoms with Crippen LogP contribution in [0.25, 0.3) is 0 Å². The maximum Gasteiger partial charge on any atom is 0.341 e. The van der Waals surface area contributed by atoms with Crippen LogP contribution < -0.4 is 0 Å². The van der Waals surface area contributed by atoms with E-state index in [-0.39, 0.29) is 5.57 Å². The predicted molar refractivity (Wildman–Crippen MR) is 36.4 cm³/mol. The van der Waals surface area contributed by atoms with Crippen molar-refractivity contribution < 1.29 is 14.3 Å². The van der Waals surface area contributed by atoms with Gasteiger partial charge in [-0.3, -0.25) is 4.79 Å². The van der Waals surface area contributed by atoms with Crippen molar-refractivity contribution in [2.75, 3.05) is 7.11 Å². The minimum absolute atomic E-state index is 0.197. The highest BCUT2D eigenvalue weighted by molar-refractivity contribution is 6.20. The first-order valence-electron chi connectivity index (χ1n) is 2.57. The molecule has 0 aromatic carbocycles. The van der Waals surface area contributed by atoms with Gasteiger partial charge in [0.05, 0.1) is 12.7 Å². The molecule has 0 N–H and O–H groups in total. The monoisotopic (exact) mass is 140 g/mol. The molecule has 0 saturated carbocycles. The highest BCUT2D eigenvalue weighted by atomic mass is 16.5.